The summed E-state index contributed by atoms with van der Waals surface area (Å²) < 4.78 is 157. The van der Waals surface area contributed by atoms with Crippen molar-refractivity contribution in [3.8, 4) is 0 Å². The predicted octanol–water partition coefficient (Wildman–Crippen LogP) is 16.2. The third-order valence-electron chi connectivity index (χ3n) is 16.4. The van der Waals surface area contributed by atoms with Gasteiger partial charge < -0.3 is 73.8 Å². The SMILES string of the molecule is C.CC(C)(C)OC(=O)OC(=O)OC(C)(C)C.CCOC(=O)C1CCN(C(=O)OC(C)(C)C)CC1=O.CCOC(=O)C1CCN(Cc2ccccc2)CC1=O.CCOC(=O)[C@H]1CCC(=O)N1.CCOC(=O)[C@H]1CCC(=O)N1c1cc(Cl)cc(C(F)(F)F)c1.CCOC(=O)[C@H]1CCC(O)N1c1cc(Cl)cc(C(F)(F)F)c1.FC(F)(F)c1cc(Cl)cc(I)c1.O.O.[Cu][I].[Pd]. The van der Waals surface area contributed by atoms with Crippen LogP contribution in [0, 0.1) is 15.4 Å². The molecular formula is C81H108Cl3CuF9I2N5O24Pd. The first-order valence-corrected chi connectivity index (χ1v) is 43.0. The van der Waals surface area contributed by atoms with Gasteiger partial charge in [-0.1, -0.05) is 72.6 Å². The van der Waals surface area contributed by atoms with Crippen molar-refractivity contribution in [3.05, 3.63) is 126 Å². The van der Waals surface area contributed by atoms with Gasteiger partial charge in [0.25, 0.3) is 0 Å². The molecule has 3 unspecified atom stereocenters. The second-order valence-corrected chi connectivity index (χ2v) is 32.1. The number of rotatable bonds is 14. The number of carbonyl (C=O) groups is 12. The molecule has 4 aromatic carbocycles. The maximum Gasteiger partial charge on any atom is 0 e. The summed E-state index contributed by atoms with van der Waals surface area (Å²) in [6, 6.07) is 17.1. The van der Waals surface area contributed by atoms with Crippen LogP contribution in [0.2, 0.25) is 15.1 Å². The van der Waals surface area contributed by atoms with Gasteiger partial charge >= 0.3 is 99.9 Å². The van der Waals surface area contributed by atoms with Crippen molar-refractivity contribution >= 4 is 161 Å². The molecule has 5 heterocycles. The largest absolute Gasteiger partial charge is 0 e. The number of aliphatic hydroxyl groups is 1. The fourth-order valence-corrected chi connectivity index (χ4v) is 12.9. The van der Waals surface area contributed by atoms with Gasteiger partial charge in [0.1, 0.15) is 53.0 Å². The normalized spacial score (nSPS) is 17.8. The number of nitrogens with zero attached hydrogens (tertiary/aromatic N) is 4. The summed E-state index contributed by atoms with van der Waals surface area (Å²) in [5.74, 6) is -4.55. The summed E-state index contributed by atoms with van der Waals surface area (Å²) in [5.41, 5.74) is -3.43. The van der Waals surface area contributed by atoms with E-state index in [4.69, 9.17) is 72.7 Å². The van der Waals surface area contributed by atoms with E-state index in [-0.39, 0.29) is 147 Å². The second-order valence-electron chi connectivity index (χ2n) is 29.5. The van der Waals surface area contributed by atoms with E-state index in [1.165, 1.54) is 33.6 Å². The van der Waals surface area contributed by atoms with E-state index in [0.717, 1.165) is 54.4 Å². The number of carbonyl (C=O) groups excluding carboxylic acids is 12. The minimum absolute atomic E-state index is 0. The molecule has 5 fully saturated rings. The van der Waals surface area contributed by atoms with E-state index >= 15 is 0 Å². The zero-order chi connectivity index (χ0) is 93.2. The Morgan fingerprint density at radius 3 is 1.32 bits per heavy atom. The van der Waals surface area contributed by atoms with E-state index in [2.05, 4.69) is 27.7 Å². The first-order valence-electron chi connectivity index (χ1n) is 37.8. The Kier molecular flexibility index (Phi) is 56.7. The smallest absolute Gasteiger partial charge is 0 e. The van der Waals surface area contributed by atoms with Crippen molar-refractivity contribution in [3.63, 3.8) is 0 Å². The maximum absolute atomic E-state index is 12.9. The molecule has 6 N–H and O–H groups in total. The molecule has 9 rings (SSSR count). The van der Waals surface area contributed by atoms with Gasteiger partial charge in [-0.05, 0) is 218 Å². The standard InChI is InChI=1S/C15H19NO3.C14H15ClF3NO3.C14H13ClF3NO3.C13H21NO5.C10H18O5.C7H3ClF3I.C7H11NO3.CH4.Cu.HI.2H2O.Pd/c1-2-19-15(18)13-8-9-16(11-14(13)17)10-12-6-4-3-5-7-12;2*1-2-22-13(21)11-3-4-12(20)19(11)10-6-8(14(16,17)18)5-9(15)7-10;1-5-18-11(16)9-6-7-14(8-10(9)15)12(17)19-13(2,3)4;1-9(2,3)14-7(11)13-8(12)15-10(4,5)6;8-5-1-4(7(9,10)11)2-6(12)3-5;1-2-11-7(10)5-3-4-6(9)8-5;;;;;;/h3-7,13H,2,8-11H2,1H3;5-7,11-12,20H,2-4H2,1H3;5-7,11H,2-4H2,1H3;9H,5-8H2,1-4H3;1-6H3;1-3H;5H,2-4H2,1H3,(H,8,9);1H4;;1H;2*1H2;/q;;;;;;;;+1;;;;/p-1/t;11-,12?;11-;;;;5-;;;;;;/m.11...1....../s1. The predicted molar refractivity (Wildman–Crippen MR) is 456 cm³/mol. The van der Waals surface area contributed by atoms with Crippen LogP contribution in [-0.2, 0) is 144 Å². The minimum atomic E-state index is -4.60. The van der Waals surface area contributed by atoms with Gasteiger partial charge in [-0.2, -0.15) is 39.5 Å². The van der Waals surface area contributed by atoms with E-state index in [1.54, 1.807) is 140 Å². The third kappa shape index (κ3) is 45.5. The van der Waals surface area contributed by atoms with Gasteiger partial charge in [0, 0.05) is 82.9 Å². The monoisotopic (exact) mass is 2230 g/mol. The summed E-state index contributed by atoms with van der Waals surface area (Å²) in [6.45, 7) is 27.0. The Morgan fingerprint density at radius 2 is 0.905 bits per heavy atom. The van der Waals surface area contributed by atoms with Crippen molar-refractivity contribution in [1.82, 2.24) is 15.1 Å². The number of aliphatic hydroxyl groups excluding tert-OH is 1. The van der Waals surface area contributed by atoms with Gasteiger partial charge in [-0.15, -0.1) is 0 Å². The van der Waals surface area contributed by atoms with E-state index in [1.807, 2.05) is 30.3 Å². The van der Waals surface area contributed by atoms with E-state index < -0.39 is 130 Å². The summed E-state index contributed by atoms with van der Waals surface area (Å²) in [5, 5.41) is 12.4. The van der Waals surface area contributed by atoms with Crippen LogP contribution < -0.4 is 15.1 Å². The Bertz CT molecular complexity index is 4130. The number of anilines is 2. The van der Waals surface area contributed by atoms with E-state index in [9.17, 15) is 102 Å². The number of alkyl halides is 9. The van der Waals surface area contributed by atoms with Gasteiger partial charge in [-0.25, -0.2) is 28.8 Å². The minimum Gasteiger partial charge on any atom is 0 e. The Balaban J connectivity index is -0.00000140. The maximum atomic E-state index is 12.9. The van der Waals surface area contributed by atoms with Crippen LogP contribution in [-0.4, -0.2) is 198 Å². The molecule has 0 radical (unpaired) electrons. The summed E-state index contributed by atoms with van der Waals surface area (Å²) in [4.78, 5) is 144. The Hall–Kier alpha value is -6.96. The molecule has 0 spiro atoms. The quantitative estimate of drug-likeness (QED) is 0.0296. The molecule has 5 aliphatic rings. The molecule has 0 aliphatic carbocycles. The Morgan fingerprint density at radius 1 is 0.500 bits per heavy atom. The zero-order valence-electron chi connectivity index (χ0n) is 70.5. The summed E-state index contributed by atoms with van der Waals surface area (Å²) in [7, 11) is 0. The number of esters is 5. The van der Waals surface area contributed by atoms with Crippen molar-refractivity contribution in [2.45, 2.75) is 222 Å². The molecule has 720 valence electrons. The number of hydrogen-bond donors (Lipinski definition) is 2. The van der Waals surface area contributed by atoms with Crippen LogP contribution >= 0.6 is 77.7 Å². The fraction of sp³-hybridized carbons (Fsp3) is 0.556. The molecule has 3 amide bonds. The molecule has 45 heteroatoms. The van der Waals surface area contributed by atoms with Gasteiger partial charge in [-0.3, -0.25) is 38.6 Å². The van der Waals surface area contributed by atoms with Crippen LogP contribution in [0.1, 0.15) is 178 Å². The number of hydrogen-bond acceptors (Lipinski definition) is 24. The average molecular weight is 2240 g/mol. The number of halogens is 14. The van der Waals surface area contributed by atoms with Crippen LogP contribution in [0.25, 0.3) is 0 Å². The van der Waals surface area contributed by atoms with Crippen molar-refractivity contribution in [1.29, 1.82) is 0 Å². The van der Waals surface area contributed by atoms with Gasteiger partial charge in [0.2, 0.25) is 11.8 Å². The number of nitrogens with one attached hydrogen (secondary N) is 1. The first kappa shape index (κ1) is 123. The number of ketones is 2. The molecule has 0 bridgehead atoms. The number of ether oxygens (including phenoxy) is 9. The molecular weight excluding hydrogens is 2130 g/mol. The fourth-order valence-electron chi connectivity index (χ4n) is 11.4. The van der Waals surface area contributed by atoms with Crippen LogP contribution in [0.4, 0.5) is 65.3 Å². The molecule has 5 saturated heterocycles. The summed E-state index contributed by atoms with van der Waals surface area (Å²) >= 11 is 24.6. The van der Waals surface area contributed by atoms with Gasteiger partial charge in [0.05, 0.1) is 62.8 Å². The zero-order valence-corrected chi connectivity index (χ0v) is 79.6. The number of likely N-dealkylation sites (tertiary alicyclic amines) is 2. The van der Waals surface area contributed by atoms with Crippen molar-refractivity contribution in [2.24, 2.45) is 11.8 Å². The molecule has 5 aliphatic heterocycles. The number of piperidine rings is 2. The van der Waals surface area contributed by atoms with Crippen LogP contribution in [0.5, 0.6) is 0 Å². The average Bonchev–Trinajstić information content (AvgIpc) is 1.63. The van der Waals surface area contributed by atoms with Crippen LogP contribution in [0.3, 0.4) is 0 Å². The molecule has 29 nitrogen and oxygen atoms in total. The second kappa shape index (κ2) is 58.0. The van der Waals surface area contributed by atoms with Crippen molar-refractivity contribution < 1.29 is 189 Å². The topological polar surface area (TPSA) is 396 Å². The molecule has 4 aromatic rings. The molecule has 126 heavy (non-hydrogen) atoms. The van der Waals surface area contributed by atoms with Crippen molar-refractivity contribution in [2.75, 3.05) is 69.0 Å². The Labute approximate surface area is 787 Å². The van der Waals surface area contributed by atoms with Gasteiger partial charge in [0.15, 0.2) is 11.6 Å². The number of Topliss-reactive ketones (excluding diaryl/α,β-unsaturated/α-hetero) is 2. The van der Waals surface area contributed by atoms with E-state index in [0.29, 0.717) is 55.6 Å². The third-order valence-corrected chi connectivity index (χ3v) is 17.6. The number of benzene rings is 4. The molecule has 0 aromatic heterocycles. The molecule has 0 saturated carbocycles. The summed E-state index contributed by atoms with van der Waals surface area (Å²) in [6.07, 6.45) is -14.5. The molecule has 6 atom stereocenters. The van der Waals surface area contributed by atoms with Crippen LogP contribution in [0.15, 0.2) is 84.9 Å². The number of amides is 3. The first-order chi connectivity index (χ1) is 56.5.